The van der Waals surface area contributed by atoms with Crippen molar-refractivity contribution in [1.29, 1.82) is 0 Å². The number of hydrogen-bond acceptors (Lipinski definition) is 3. The molecule has 19 heavy (non-hydrogen) atoms. The van der Waals surface area contributed by atoms with Crippen molar-refractivity contribution in [2.45, 2.75) is 44.2 Å². The Morgan fingerprint density at radius 2 is 2.16 bits per heavy atom. The van der Waals surface area contributed by atoms with Crippen molar-refractivity contribution in [1.82, 2.24) is 5.32 Å². The molecular weight excluding hydrogens is 252 g/mol. The van der Waals surface area contributed by atoms with Crippen LogP contribution in [-0.2, 0) is 0 Å². The zero-order valence-corrected chi connectivity index (χ0v) is 13.3. The molecule has 1 N–H and O–H groups in total. The number of rotatable bonds is 4. The molecule has 1 aliphatic heterocycles. The van der Waals surface area contributed by atoms with Gasteiger partial charge in [-0.1, -0.05) is 32.4 Å². The molecule has 1 aromatic rings. The van der Waals surface area contributed by atoms with E-state index in [2.05, 4.69) is 61.5 Å². The van der Waals surface area contributed by atoms with E-state index in [4.69, 9.17) is 0 Å². The van der Waals surface area contributed by atoms with Gasteiger partial charge in [0.05, 0.1) is 5.69 Å². The Balaban J connectivity index is 2.21. The van der Waals surface area contributed by atoms with Crippen LogP contribution in [0, 0.1) is 5.92 Å². The third kappa shape index (κ3) is 3.26. The van der Waals surface area contributed by atoms with Gasteiger partial charge >= 0.3 is 0 Å². The van der Waals surface area contributed by atoms with Gasteiger partial charge in [-0.15, -0.1) is 11.8 Å². The van der Waals surface area contributed by atoms with Crippen LogP contribution < -0.4 is 10.2 Å². The first-order valence-corrected chi connectivity index (χ1v) is 8.52. The fourth-order valence-electron chi connectivity index (χ4n) is 2.76. The summed E-state index contributed by atoms with van der Waals surface area (Å²) < 4.78 is 0. The lowest BCUT2D eigenvalue weighted by Crippen LogP contribution is -2.57. The SMILES string of the molecule is CCC(C)C1CN(c2ccccc2SC)C(C)CN1. The van der Waals surface area contributed by atoms with Gasteiger partial charge in [0.15, 0.2) is 0 Å². The maximum atomic E-state index is 3.71. The van der Waals surface area contributed by atoms with Gasteiger partial charge in [0.2, 0.25) is 0 Å². The summed E-state index contributed by atoms with van der Waals surface area (Å²) >= 11 is 1.84. The summed E-state index contributed by atoms with van der Waals surface area (Å²) in [5, 5.41) is 3.71. The largest absolute Gasteiger partial charge is 0.365 e. The Kier molecular flexibility index (Phi) is 5.17. The molecule has 3 heteroatoms. The Hall–Kier alpha value is -0.670. The van der Waals surface area contributed by atoms with Gasteiger partial charge in [-0.25, -0.2) is 0 Å². The third-order valence-electron chi connectivity index (χ3n) is 4.33. The van der Waals surface area contributed by atoms with Gasteiger partial charge in [-0.2, -0.15) is 0 Å². The normalized spacial score (nSPS) is 25.4. The molecule has 3 atom stereocenters. The number of piperazine rings is 1. The Labute approximate surface area is 122 Å². The van der Waals surface area contributed by atoms with E-state index in [0.717, 1.165) is 19.0 Å². The minimum atomic E-state index is 0.564. The molecule has 3 unspecified atom stereocenters. The van der Waals surface area contributed by atoms with E-state index in [1.807, 2.05) is 11.8 Å². The number of nitrogens with one attached hydrogen (secondary N) is 1. The maximum Gasteiger partial charge on any atom is 0.0507 e. The highest BCUT2D eigenvalue weighted by molar-refractivity contribution is 7.98. The fraction of sp³-hybridized carbons (Fsp3) is 0.625. The molecule has 1 aromatic carbocycles. The summed E-state index contributed by atoms with van der Waals surface area (Å²) in [6.45, 7) is 9.15. The summed E-state index contributed by atoms with van der Waals surface area (Å²) in [6, 6.07) is 9.95. The maximum absolute atomic E-state index is 3.71. The molecule has 0 spiro atoms. The van der Waals surface area contributed by atoms with Gasteiger partial charge in [-0.05, 0) is 31.2 Å². The van der Waals surface area contributed by atoms with Crippen LogP contribution in [0.4, 0.5) is 5.69 Å². The highest BCUT2D eigenvalue weighted by Gasteiger charge is 2.28. The van der Waals surface area contributed by atoms with E-state index >= 15 is 0 Å². The smallest absolute Gasteiger partial charge is 0.0507 e. The zero-order chi connectivity index (χ0) is 13.8. The molecule has 0 saturated carbocycles. The molecule has 1 fully saturated rings. The third-order valence-corrected chi connectivity index (χ3v) is 5.11. The van der Waals surface area contributed by atoms with Crippen LogP contribution in [-0.4, -0.2) is 31.4 Å². The van der Waals surface area contributed by atoms with Crippen LogP contribution in [0.15, 0.2) is 29.2 Å². The highest BCUT2D eigenvalue weighted by atomic mass is 32.2. The molecular formula is C16H26N2S. The minimum absolute atomic E-state index is 0.564. The van der Waals surface area contributed by atoms with E-state index in [1.54, 1.807) is 0 Å². The first-order chi connectivity index (χ1) is 9.17. The molecule has 0 aromatic heterocycles. The van der Waals surface area contributed by atoms with Crippen molar-refractivity contribution in [3.8, 4) is 0 Å². The van der Waals surface area contributed by atoms with Crippen LogP contribution in [0.25, 0.3) is 0 Å². The molecule has 106 valence electrons. The van der Waals surface area contributed by atoms with E-state index in [9.17, 15) is 0 Å². The number of nitrogens with zero attached hydrogens (tertiary/aromatic N) is 1. The number of benzene rings is 1. The van der Waals surface area contributed by atoms with Gasteiger partial charge in [0.25, 0.3) is 0 Å². The molecule has 2 rings (SSSR count). The van der Waals surface area contributed by atoms with E-state index < -0.39 is 0 Å². The highest BCUT2D eigenvalue weighted by Crippen LogP contribution is 2.31. The van der Waals surface area contributed by atoms with Crippen molar-refractivity contribution in [2.24, 2.45) is 5.92 Å². The van der Waals surface area contributed by atoms with Gasteiger partial charge in [0, 0.05) is 30.1 Å². The van der Waals surface area contributed by atoms with Crippen molar-refractivity contribution in [2.75, 3.05) is 24.2 Å². The van der Waals surface area contributed by atoms with Crippen molar-refractivity contribution in [3.05, 3.63) is 24.3 Å². The number of thioether (sulfide) groups is 1. The molecule has 0 radical (unpaired) electrons. The predicted molar refractivity (Wildman–Crippen MR) is 86.3 cm³/mol. The molecule has 0 amide bonds. The van der Waals surface area contributed by atoms with Gasteiger partial charge in [0.1, 0.15) is 0 Å². The number of hydrogen-bond donors (Lipinski definition) is 1. The standard InChI is InChI=1S/C16H26N2S/c1-5-12(2)14-11-18(13(3)10-17-14)15-8-6-7-9-16(15)19-4/h6-9,12-14,17H,5,10-11H2,1-4H3. The fourth-order valence-corrected chi connectivity index (χ4v) is 3.37. The second-order valence-corrected chi connectivity index (χ2v) is 6.42. The quantitative estimate of drug-likeness (QED) is 0.847. The Bertz CT molecular complexity index is 407. The van der Waals surface area contributed by atoms with Gasteiger partial charge < -0.3 is 10.2 Å². The average molecular weight is 278 g/mol. The number of para-hydroxylation sites is 1. The lowest BCUT2D eigenvalue weighted by atomic mass is 9.95. The lowest BCUT2D eigenvalue weighted by Gasteiger charge is -2.43. The summed E-state index contributed by atoms with van der Waals surface area (Å²) in [5.41, 5.74) is 1.40. The van der Waals surface area contributed by atoms with Crippen molar-refractivity contribution < 1.29 is 0 Å². The average Bonchev–Trinajstić information content (AvgIpc) is 2.47. The van der Waals surface area contributed by atoms with Crippen molar-refractivity contribution >= 4 is 17.4 Å². The summed E-state index contributed by atoms with van der Waals surface area (Å²) in [6.07, 6.45) is 3.40. The Morgan fingerprint density at radius 3 is 2.84 bits per heavy atom. The summed E-state index contributed by atoms with van der Waals surface area (Å²) in [5.74, 6) is 0.733. The van der Waals surface area contributed by atoms with Gasteiger partial charge in [-0.3, -0.25) is 0 Å². The monoisotopic (exact) mass is 278 g/mol. The molecule has 1 saturated heterocycles. The second kappa shape index (κ2) is 6.67. The van der Waals surface area contributed by atoms with Crippen LogP contribution in [0.5, 0.6) is 0 Å². The molecule has 1 heterocycles. The molecule has 0 aliphatic carbocycles. The van der Waals surface area contributed by atoms with Crippen LogP contribution in [0.3, 0.4) is 0 Å². The van der Waals surface area contributed by atoms with E-state index in [1.165, 1.54) is 17.0 Å². The molecule has 1 aliphatic rings. The predicted octanol–water partition coefficient (Wildman–Crippen LogP) is 3.62. The number of anilines is 1. The summed E-state index contributed by atoms with van der Waals surface area (Å²) in [7, 11) is 0. The van der Waals surface area contributed by atoms with Crippen LogP contribution in [0.1, 0.15) is 27.2 Å². The summed E-state index contributed by atoms with van der Waals surface area (Å²) in [4.78, 5) is 3.97. The van der Waals surface area contributed by atoms with E-state index in [0.29, 0.717) is 12.1 Å². The first kappa shape index (κ1) is 14.7. The van der Waals surface area contributed by atoms with Crippen LogP contribution >= 0.6 is 11.8 Å². The lowest BCUT2D eigenvalue weighted by molar-refractivity contribution is 0.315. The van der Waals surface area contributed by atoms with Crippen LogP contribution in [0.2, 0.25) is 0 Å². The zero-order valence-electron chi connectivity index (χ0n) is 12.5. The minimum Gasteiger partial charge on any atom is -0.365 e. The second-order valence-electron chi connectivity index (χ2n) is 5.57. The van der Waals surface area contributed by atoms with Crippen molar-refractivity contribution in [3.63, 3.8) is 0 Å². The first-order valence-electron chi connectivity index (χ1n) is 7.30. The van der Waals surface area contributed by atoms with E-state index in [-0.39, 0.29) is 0 Å². The molecule has 2 nitrogen and oxygen atoms in total. The Morgan fingerprint density at radius 1 is 1.42 bits per heavy atom. The topological polar surface area (TPSA) is 15.3 Å². The molecule has 0 bridgehead atoms.